The smallest absolute Gasteiger partial charge is 0.321 e. The molecule has 2 N–H and O–H groups in total. The van der Waals surface area contributed by atoms with Crippen molar-refractivity contribution in [3.8, 4) is 5.75 Å². The van der Waals surface area contributed by atoms with Crippen LogP contribution in [0.25, 0.3) is 0 Å². The van der Waals surface area contributed by atoms with Gasteiger partial charge in [-0.15, -0.1) is 0 Å². The van der Waals surface area contributed by atoms with Gasteiger partial charge in [-0.3, -0.25) is 0 Å². The molecule has 1 fully saturated rings. The number of hydrogen-bond donors (Lipinski definition) is 2. The Bertz CT molecular complexity index is 833. The van der Waals surface area contributed by atoms with Crippen LogP contribution < -0.4 is 20.3 Å². The number of anilines is 3. The fourth-order valence-corrected chi connectivity index (χ4v) is 3.22. The summed E-state index contributed by atoms with van der Waals surface area (Å²) in [7, 11) is 1.63. The van der Waals surface area contributed by atoms with Gasteiger partial charge < -0.3 is 25.2 Å². The molecule has 3 rings (SSSR count). The van der Waals surface area contributed by atoms with Crippen molar-refractivity contribution in [2.45, 2.75) is 20.8 Å². The molecule has 150 valence electrons. The third-order valence-corrected chi connectivity index (χ3v) is 4.75. The highest BCUT2D eigenvalue weighted by atomic mass is 16.5. The van der Waals surface area contributed by atoms with Crippen molar-refractivity contribution in [3.05, 3.63) is 35.7 Å². The molecule has 1 aliphatic rings. The maximum absolute atomic E-state index is 12.6. The molecule has 1 aliphatic heterocycles. The van der Waals surface area contributed by atoms with Gasteiger partial charge >= 0.3 is 6.03 Å². The monoisotopic (exact) mass is 384 g/mol. The summed E-state index contributed by atoms with van der Waals surface area (Å²) < 4.78 is 5.21. The summed E-state index contributed by atoms with van der Waals surface area (Å²) in [5, 5.41) is 6.23. The molecule has 0 atom stereocenters. The highest BCUT2D eigenvalue weighted by Crippen LogP contribution is 2.22. The first kappa shape index (κ1) is 19.7. The molecule has 2 aromatic rings. The van der Waals surface area contributed by atoms with Crippen LogP contribution in [0.4, 0.5) is 22.1 Å². The summed E-state index contributed by atoms with van der Waals surface area (Å²) in [6.07, 6.45) is 0. The molecule has 2 heterocycles. The Labute approximate surface area is 165 Å². The number of amides is 2. The average Bonchev–Trinajstić information content (AvgIpc) is 2.69. The van der Waals surface area contributed by atoms with Gasteiger partial charge in [-0.05, 0) is 44.5 Å². The standard InChI is InChI=1S/C20H28N6O2/c1-5-21-18-13-19(23-15(3)22-18)25-8-10-26(11-9-25)20(27)24-17-7-6-16(28-4)12-14(17)2/h6-7,12-13H,5,8-11H2,1-4H3,(H,24,27)(H,21,22,23). The van der Waals surface area contributed by atoms with Gasteiger partial charge in [0.15, 0.2) is 0 Å². The fraction of sp³-hybridized carbons (Fsp3) is 0.450. The number of carbonyl (C=O) groups excluding carboxylic acids is 1. The Morgan fingerprint density at radius 1 is 1.14 bits per heavy atom. The van der Waals surface area contributed by atoms with Crippen molar-refractivity contribution in [2.24, 2.45) is 0 Å². The minimum absolute atomic E-state index is 0.0832. The SMILES string of the molecule is CCNc1cc(N2CCN(C(=O)Nc3ccc(OC)cc3C)CC2)nc(C)n1. The van der Waals surface area contributed by atoms with E-state index >= 15 is 0 Å². The third kappa shape index (κ3) is 4.62. The number of nitrogens with zero attached hydrogens (tertiary/aromatic N) is 4. The lowest BCUT2D eigenvalue weighted by Gasteiger charge is -2.35. The lowest BCUT2D eigenvalue weighted by atomic mass is 10.2. The lowest BCUT2D eigenvalue weighted by molar-refractivity contribution is 0.208. The van der Waals surface area contributed by atoms with Crippen LogP contribution in [0.5, 0.6) is 5.75 Å². The molecule has 8 heteroatoms. The Morgan fingerprint density at radius 2 is 1.89 bits per heavy atom. The number of methoxy groups -OCH3 is 1. The number of benzene rings is 1. The van der Waals surface area contributed by atoms with E-state index in [1.165, 1.54) is 0 Å². The van der Waals surface area contributed by atoms with E-state index in [4.69, 9.17) is 4.74 Å². The summed E-state index contributed by atoms with van der Waals surface area (Å²) in [6, 6.07) is 7.51. The molecule has 1 aromatic carbocycles. The van der Waals surface area contributed by atoms with Crippen LogP contribution in [0.2, 0.25) is 0 Å². The molecule has 0 radical (unpaired) electrons. The molecule has 28 heavy (non-hydrogen) atoms. The molecule has 8 nitrogen and oxygen atoms in total. The second-order valence-corrected chi connectivity index (χ2v) is 6.77. The van der Waals surface area contributed by atoms with E-state index in [2.05, 4.69) is 25.5 Å². The summed E-state index contributed by atoms with van der Waals surface area (Å²) in [5.41, 5.74) is 1.77. The molecule has 0 unspecified atom stereocenters. The van der Waals surface area contributed by atoms with Crippen molar-refractivity contribution >= 4 is 23.4 Å². The number of aromatic nitrogens is 2. The van der Waals surface area contributed by atoms with Crippen LogP contribution in [0.3, 0.4) is 0 Å². The third-order valence-electron chi connectivity index (χ3n) is 4.75. The zero-order valence-electron chi connectivity index (χ0n) is 17.0. The van der Waals surface area contributed by atoms with Crippen molar-refractivity contribution in [1.82, 2.24) is 14.9 Å². The van der Waals surface area contributed by atoms with E-state index in [9.17, 15) is 4.79 Å². The van der Waals surface area contributed by atoms with Gasteiger partial charge in [0, 0.05) is 44.5 Å². The van der Waals surface area contributed by atoms with Crippen LogP contribution in [-0.2, 0) is 0 Å². The highest BCUT2D eigenvalue weighted by molar-refractivity contribution is 5.90. The van der Waals surface area contributed by atoms with Crippen LogP contribution >= 0.6 is 0 Å². The van der Waals surface area contributed by atoms with Crippen LogP contribution in [0.15, 0.2) is 24.3 Å². The molecule has 0 saturated carbocycles. The van der Waals surface area contributed by atoms with Gasteiger partial charge in [-0.25, -0.2) is 14.8 Å². The molecule has 0 spiro atoms. The van der Waals surface area contributed by atoms with Crippen molar-refractivity contribution in [2.75, 3.05) is 55.4 Å². The molecule has 0 aliphatic carbocycles. The largest absolute Gasteiger partial charge is 0.497 e. The predicted molar refractivity (Wildman–Crippen MR) is 111 cm³/mol. The maximum atomic E-state index is 12.6. The van der Waals surface area contributed by atoms with E-state index in [0.29, 0.717) is 13.1 Å². The number of hydrogen-bond acceptors (Lipinski definition) is 6. The van der Waals surface area contributed by atoms with Gasteiger partial charge in [0.1, 0.15) is 23.2 Å². The fourth-order valence-electron chi connectivity index (χ4n) is 3.22. The lowest BCUT2D eigenvalue weighted by Crippen LogP contribution is -2.50. The second-order valence-electron chi connectivity index (χ2n) is 6.77. The van der Waals surface area contributed by atoms with Crippen molar-refractivity contribution in [3.63, 3.8) is 0 Å². The van der Waals surface area contributed by atoms with Crippen molar-refractivity contribution in [1.29, 1.82) is 0 Å². The summed E-state index contributed by atoms with van der Waals surface area (Å²) in [4.78, 5) is 25.6. The number of nitrogens with one attached hydrogen (secondary N) is 2. The number of rotatable bonds is 5. The van der Waals surface area contributed by atoms with E-state index in [1.807, 2.05) is 49.9 Å². The number of ether oxygens (including phenoxy) is 1. The topological polar surface area (TPSA) is 82.6 Å². The zero-order valence-corrected chi connectivity index (χ0v) is 17.0. The first-order chi connectivity index (χ1) is 13.5. The van der Waals surface area contributed by atoms with E-state index < -0.39 is 0 Å². The Kier molecular flexibility index (Phi) is 6.18. The number of aryl methyl sites for hydroxylation is 2. The predicted octanol–water partition coefficient (Wildman–Crippen LogP) is 2.89. The quantitative estimate of drug-likeness (QED) is 0.825. The van der Waals surface area contributed by atoms with E-state index in [-0.39, 0.29) is 6.03 Å². The average molecular weight is 384 g/mol. The summed E-state index contributed by atoms with van der Waals surface area (Å²) >= 11 is 0. The Hall–Kier alpha value is -3.03. The van der Waals surface area contributed by atoms with Gasteiger partial charge in [0.05, 0.1) is 7.11 Å². The van der Waals surface area contributed by atoms with Gasteiger partial charge in [-0.2, -0.15) is 0 Å². The minimum Gasteiger partial charge on any atom is -0.497 e. The molecular formula is C20H28N6O2. The number of carbonyl (C=O) groups is 1. The number of urea groups is 1. The second kappa shape index (κ2) is 8.77. The number of piperazine rings is 1. The molecule has 1 aromatic heterocycles. The van der Waals surface area contributed by atoms with Gasteiger partial charge in [0.25, 0.3) is 0 Å². The summed E-state index contributed by atoms with van der Waals surface area (Å²) in [6.45, 7) is 9.45. The first-order valence-electron chi connectivity index (χ1n) is 9.55. The van der Waals surface area contributed by atoms with Gasteiger partial charge in [-0.1, -0.05) is 0 Å². The minimum atomic E-state index is -0.0832. The highest BCUT2D eigenvalue weighted by Gasteiger charge is 2.23. The molecule has 2 amide bonds. The normalized spacial score (nSPS) is 14.0. The maximum Gasteiger partial charge on any atom is 0.321 e. The summed E-state index contributed by atoms with van der Waals surface area (Å²) in [5.74, 6) is 3.25. The Balaban J connectivity index is 1.60. The van der Waals surface area contributed by atoms with Crippen LogP contribution in [-0.4, -0.2) is 60.7 Å². The van der Waals surface area contributed by atoms with Crippen LogP contribution in [0, 0.1) is 13.8 Å². The molecule has 0 bridgehead atoms. The van der Waals surface area contributed by atoms with Crippen LogP contribution in [0.1, 0.15) is 18.3 Å². The molecular weight excluding hydrogens is 356 g/mol. The van der Waals surface area contributed by atoms with Crippen molar-refractivity contribution < 1.29 is 9.53 Å². The Morgan fingerprint density at radius 3 is 2.54 bits per heavy atom. The van der Waals surface area contributed by atoms with E-state index in [1.54, 1.807) is 7.11 Å². The van der Waals surface area contributed by atoms with E-state index in [0.717, 1.165) is 54.1 Å². The zero-order chi connectivity index (χ0) is 20.1. The molecule has 1 saturated heterocycles. The van der Waals surface area contributed by atoms with Gasteiger partial charge in [0.2, 0.25) is 0 Å². The first-order valence-corrected chi connectivity index (χ1v) is 9.55.